The van der Waals surface area contributed by atoms with Gasteiger partial charge in [-0.1, -0.05) is 24.6 Å². The molecule has 0 spiro atoms. The summed E-state index contributed by atoms with van der Waals surface area (Å²) >= 11 is 0. The van der Waals surface area contributed by atoms with Crippen molar-refractivity contribution < 1.29 is 9.90 Å². The minimum atomic E-state index is -0.694. The van der Waals surface area contributed by atoms with Crippen LogP contribution in [-0.4, -0.2) is 24.2 Å². The van der Waals surface area contributed by atoms with Crippen LogP contribution in [0, 0.1) is 5.92 Å². The lowest BCUT2D eigenvalue weighted by atomic mass is 9.85. The zero-order valence-electron chi connectivity index (χ0n) is 10.5. The molecular weight excluding hydrogens is 226 g/mol. The quantitative estimate of drug-likeness (QED) is 0.886. The first-order chi connectivity index (χ1) is 8.74. The third-order valence-corrected chi connectivity index (χ3v) is 4.28. The third kappa shape index (κ3) is 2.09. The number of carboxylic acids is 1. The molecule has 1 aliphatic heterocycles. The molecule has 1 aromatic carbocycles. The summed E-state index contributed by atoms with van der Waals surface area (Å²) in [6.07, 6.45) is 4.28. The summed E-state index contributed by atoms with van der Waals surface area (Å²) in [4.78, 5) is 13.3. The van der Waals surface area contributed by atoms with Gasteiger partial charge in [0.05, 0.1) is 6.42 Å². The molecule has 96 valence electrons. The van der Waals surface area contributed by atoms with E-state index in [9.17, 15) is 4.79 Å². The summed E-state index contributed by atoms with van der Waals surface area (Å²) in [6, 6.07) is 8.29. The zero-order valence-corrected chi connectivity index (χ0v) is 10.5. The smallest absolute Gasteiger partial charge is 0.304 e. The van der Waals surface area contributed by atoms with Gasteiger partial charge in [0.2, 0.25) is 0 Å². The Bertz CT molecular complexity index is 454. The Kier molecular flexibility index (Phi) is 2.98. The molecule has 0 saturated heterocycles. The fourth-order valence-electron chi connectivity index (χ4n) is 3.13. The van der Waals surface area contributed by atoms with Gasteiger partial charge in [0.15, 0.2) is 0 Å². The Morgan fingerprint density at radius 1 is 1.33 bits per heavy atom. The number of hydrogen-bond donors (Lipinski definition) is 1. The average Bonchev–Trinajstić information content (AvgIpc) is 2.62. The largest absolute Gasteiger partial charge is 0.481 e. The summed E-state index contributed by atoms with van der Waals surface area (Å²) in [5.41, 5.74) is 2.48. The molecule has 1 aliphatic carbocycles. The molecule has 1 N–H and O–H groups in total. The number of carbonyl (C=O) groups is 1. The van der Waals surface area contributed by atoms with Crippen molar-refractivity contribution in [1.82, 2.24) is 0 Å². The Morgan fingerprint density at radius 3 is 2.78 bits per heavy atom. The lowest BCUT2D eigenvalue weighted by Gasteiger charge is -2.31. The maximum atomic E-state index is 10.9. The van der Waals surface area contributed by atoms with Crippen LogP contribution in [0.3, 0.4) is 0 Å². The van der Waals surface area contributed by atoms with Crippen LogP contribution in [-0.2, 0) is 4.79 Å². The fourth-order valence-corrected chi connectivity index (χ4v) is 3.13. The fraction of sp³-hybridized carbons (Fsp3) is 0.533. The Balaban J connectivity index is 1.79. The van der Waals surface area contributed by atoms with Crippen molar-refractivity contribution in [2.24, 2.45) is 5.92 Å². The highest BCUT2D eigenvalue weighted by atomic mass is 16.4. The van der Waals surface area contributed by atoms with E-state index in [1.807, 2.05) is 6.07 Å². The highest BCUT2D eigenvalue weighted by Gasteiger charge is 2.32. The number of rotatable bonds is 4. The lowest BCUT2D eigenvalue weighted by molar-refractivity contribution is -0.137. The van der Waals surface area contributed by atoms with E-state index < -0.39 is 5.97 Å². The van der Waals surface area contributed by atoms with Gasteiger partial charge in [-0.15, -0.1) is 0 Å². The Labute approximate surface area is 107 Å². The molecule has 0 radical (unpaired) electrons. The molecular formula is C15H19NO2. The lowest BCUT2D eigenvalue weighted by Crippen LogP contribution is -2.32. The highest BCUT2D eigenvalue weighted by molar-refractivity contribution is 5.71. The van der Waals surface area contributed by atoms with E-state index >= 15 is 0 Å². The molecule has 18 heavy (non-hydrogen) atoms. The van der Waals surface area contributed by atoms with Crippen LogP contribution in [0.15, 0.2) is 24.3 Å². The van der Waals surface area contributed by atoms with E-state index in [4.69, 9.17) is 5.11 Å². The summed E-state index contributed by atoms with van der Waals surface area (Å²) in [7, 11) is 0. The van der Waals surface area contributed by atoms with E-state index in [0.29, 0.717) is 0 Å². The number of hydrogen-bond acceptors (Lipinski definition) is 2. The maximum Gasteiger partial charge on any atom is 0.304 e. The van der Waals surface area contributed by atoms with Crippen LogP contribution in [0.4, 0.5) is 5.69 Å². The van der Waals surface area contributed by atoms with Crippen molar-refractivity contribution in [3.8, 4) is 0 Å². The molecule has 1 saturated carbocycles. The van der Waals surface area contributed by atoms with E-state index in [-0.39, 0.29) is 12.3 Å². The van der Waals surface area contributed by atoms with Crippen molar-refractivity contribution in [3.63, 3.8) is 0 Å². The van der Waals surface area contributed by atoms with Crippen LogP contribution in [0.5, 0.6) is 0 Å². The minimum Gasteiger partial charge on any atom is -0.481 e. The van der Waals surface area contributed by atoms with E-state index in [1.54, 1.807) is 0 Å². The minimum absolute atomic E-state index is 0.166. The number of para-hydroxylation sites is 1. The summed E-state index contributed by atoms with van der Waals surface area (Å²) < 4.78 is 0. The molecule has 3 rings (SSSR count). The standard InChI is InChI=1S/C15H19NO2/c17-15(18)8-12-10-16(9-11-4-3-5-11)14-7-2-1-6-13(12)14/h1-2,6-7,11-12H,3-5,8-10H2,(H,17,18). The predicted octanol–water partition coefficient (Wildman–Crippen LogP) is 2.87. The van der Waals surface area contributed by atoms with E-state index in [1.165, 1.54) is 30.5 Å². The van der Waals surface area contributed by atoms with Crippen LogP contribution >= 0.6 is 0 Å². The highest BCUT2D eigenvalue weighted by Crippen LogP contribution is 2.40. The third-order valence-electron chi connectivity index (χ3n) is 4.28. The van der Waals surface area contributed by atoms with Gasteiger partial charge in [-0.25, -0.2) is 0 Å². The van der Waals surface area contributed by atoms with Gasteiger partial charge in [-0.05, 0) is 30.4 Å². The summed E-state index contributed by atoms with van der Waals surface area (Å²) in [6.45, 7) is 1.98. The molecule has 1 aromatic rings. The van der Waals surface area contributed by atoms with Crippen molar-refractivity contribution in [3.05, 3.63) is 29.8 Å². The van der Waals surface area contributed by atoms with Crippen molar-refractivity contribution >= 4 is 11.7 Å². The van der Waals surface area contributed by atoms with Crippen molar-refractivity contribution in [1.29, 1.82) is 0 Å². The number of anilines is 1. The van der Waals surface area contributed by atoms with Crippen LogP contribution in [0.1, 0.15) is 37.2 Å². The second-order valence-electron chi connectivity index (χ2n) is 5.56. The molecule has 1 heterocycles. The average molecular weight is 245 g/mol. The van der Waals surface area contributed by atoms with Crippen LogP contribution in [0.25, 0.3) is 0 Å². The topological polar surface area (TPSA) is 40.5 Å². The molecule has 3 heteroatoms. The normalized spacial score (nSPS) is 22.7. The molecule has 1 unspecified atom stereocenters. The van der Waals surface area contributed by atoms with E-state index in [0.717, 1.165) is 19.0 Å². The van der Waals surface area contributed by atoms with Gasteiger partial charge in [0.25, 0.3) is 0 Å². The predicted molar refractivity (Wildman–Crippen MR) is 71.0 cm³/mol. The molecule has 3 nitrogen and oxygen atoms in total. The number of fused-ring (bicyclic) bond motifs is 1. The van der Waals surface area contributed by atoms with Crippen LogP contribution in [0.2, 0.25) is 0 Å². The molecule has 0 bridgehead atoms. The van der Waals surface area contributed by atoms with Gasteiger partial charge < -0.3 is 10.0 Å². The molecule has 1 fully saturated rings. The number of benzene rings is 1. The van der Waals surface area contributed by atoms with E-state index in [2.05, 4.69) is 23.1 Å². The zero-order chi connectivity index (χ0) is 12.5. The van der Waals surface area contributed by atoms with Crippen molar-refractivity contribution in [2.75, 3.05) is 18.0 Å². The first-order valence-electron chi connectivity index (χ1n) is 6.79. The van der Waals surface area contributed by atoms with Crippen molar-refractivity contribution in [2.45, 2.75) is 31.6 Å². The number of nitrogens with zero attached hydrogens (tertiary/aromatic N) is 1. The monoisotopic (exact) mass is 245 g/mol. The van der Waals surface area contributed by atoms with Gasteiger partial charge >= 0.3 is 5.97 Å². The first kappa shape index (κ1) is 11.6. The molecule has 1 atom stereocenters. The SMILES string of the molecule is O=C(O)CC1CN(CC2CCC2)c2ccccc21. The number of aliphatic carboxylic acids is 1. The van der Waals surface area contributed by atoms with Gasteiger partial charge in [0.1, 0.15) is 0 Å². The second-order valence-corrected chi connectivity index (χ2v) is 5.56. The first-order valence-corrected chi connectivity index (χ1v) is 6.79. The second kappa shape index (κ2) is 4.63. The van der Waals surface area contributed by atoms with Gasteiger partial charge in [-0.3, -0.25) is 4.79 Å². The van der Waals surface area contributed by atoms with Gasteiger partial charge in [0, 0.05) is 24.7 Å². The molecule has 0 aromatic heterocycles. The molecule has 0 amide bonds. The molecule has 2 aliphatic rings. The summed E-state index contributed by atoms with van der Waals surface area (Å²) in [5.74, 6) is 0.292. The summed E-state index contributed by atoms with van der Waals surface area (Å²) in [5, 5.41) is 9.01. The Morgan fingerprint density at radius 2 is 2.11 bits per heavy atom. The maximum absolute atomic E-state index is 10.9. The van der Waals surface area contributed by atoms with Gasteiger partial charge in [-0.2, -0.15) is 0 Å². The van der Waals surface area contributed by atoms with Crippen LogP contribution < -0.4 is 4.90 Å². The Hall–Kier alpha value is -1.51. The number of carboxylic acid groups (broad SMARTS) is 1.